The van der Waals surface area contributed by atoms with Gasteiger partial charge in [0.2, 0.25) is 0 Å². The molecular weight excluding hydrogens is 1030 g/mol. The van der Waals surface area contributed by atoms with Gasteiger partial charge in [-0.15, -0.1) is 22.7 Å². The third-order valence-corrected chi connectivity index (χ3v) is 16.9. The van der Waals surface area contributed by atoms with Crippen LogP contribution in [0.25, 0.3) is 0 Å². The first-order chi connectivity index (χ1) is 36.3. The molecule has 10 rings (SSSR count). The van der Waals surface area contributed by atoms with Gasteiger partial charge in [0, 0.05) is 69.1 Å². The van der Waals surface area contributed by atoms with Gasteiger partial charge in [0.15, 0.2) is 40.9 Å². The van der Waals surface area contributed by atoms with Gasteiger partial charge in [-0.05, 0) is 91.7 Å². The zero-order chi connectivity index (χ0) is 53.6. The number of aromatic nitrogens is 6. The Morgan fingerprint density at radius 3 is 1.36 bits per heavy atom. The third kappa shape index (κ3) is 11.2. The van der Waals surface area contributed by atoms with Crippen molar-refractivity contribution in [2.24, 2.45) is 10.3 Å². The maximum atomic E-state index is 15.5. The Morgan fingerprint density at radius 2 is 1.00 bits per heavy atom. The smallest absolute Gasteiger partial charge is 0.387 e. The van der Waals surface area contributed by atoms with Gasteiger partial charge in [-0.2, -0.15) is 36.5 Å². The molecule has 76 heavy (non-hydrogen) atoms. The molecule has 15 nitrogen and oxygen atoms in total. The van der Waals surface area contributed by atoms with E-state index in [0.717, 1.165) is 33.3 Å². The number of likely N-dealkylation sites (tertiary alicyclic amines) is 2. The first-order valence-electron chi connectivity index (χ1n) is 25.1. The summed E-state index contributed by atoms with van der Waals surface area (Å²) >= 11 is 2.96. The number of ketones is 3. The minimum Gasteiger partial charge on any atom is -0.387 e. The molecule has 0 N–H and O–H groups in total. The number of hydrogen-bond donors (Lipinski definition) is 0. The standard InChI is InChI=1S/C53H54F6N10O5S2/c1-29-21-47(52(54,55)56)62-68(29)25-43(66-17-13-33(14-18-66)50-60-41(27-75-50)39-23-45(73-64-39)37-11-7-5-9-35(37)31(3)70)49(72)44(26-69-30(2)22-48(63-69)53(57,58)59)67-19-15-34(16-20-67)51-61-42(28-76-51)40-24-46(74-65-40)38-12-8-6-10-36(38)32(4)71/h5-12,21-22,27-28,33-34,43-46H,13-20,23-26H2,1-4H3. The lowest BCUT2D eigenvalue weighted by molar-refractivity contribution is -0.142. The molecule has 4 atom stereocenters. The first-order valence-corrected chi connectivity index (χ1v) is 26.9. The fraction of sp³-hybridized carbons (Fsp3) is 0.453. The van der Waals surface area contributed by atoms with Crippen LogP contribution in [-0.4, -0.2) is 106 Å². The molecule has 4 aliphatic heterocycles. The maximum Gasteiger partial charge on any atom is 0.435 e. The van der Waals surface area contributed by atoms with Crippen LogP contribution in [-0.2, 0) is 39.9 Å². The zero-order valence-corrected chi connectivity index (χ0v) is 43.6. The predicted octanol–water partition coefficient (Wildman–Crippen LogP) is 10.5. The summed E-state index contributed by atoms with van der Waals surface area (Å²) in [4.78, 5) is 65.7. The molecule has 2 fully saturated rings. The Kier molecular flexibility index (Phi) is 15.0. The summed E-state index contributed by atoms with van der Waals surface area (Å²) in [7, 11) is 0. The monoisotopic (exact) mass is 1090 g/mol. The molecule has 0 saturated carbocycles. The van der Waals surface area contributed by atoms with Crippen LogP contribution in [0.2, 0.25) is 0 Å². The molecule has 4 unspecified atom stereocenters. The van der Waals surface area contributed by atoms with E-state index >= 15 is 4.79 Å². The van der Waals surface area contributed by atoms with E-state index in [1.54, 1.807) is 24.3 Å². The van der Waals surface area contributed by atoms with Crippen LogP contribution in [0.3, 0.4) is 0 Å². The number of rotatable bonds is 16. The number of Topliss-reactive ketones (excluding diaryl/α,β-unsaturated/α-hetero) is 3. The SMILES string of the molecule is CC(=O)c1ccccc1C1CC(c2csc(C3CCN(C(Cn4nc(C(F)(F)F)cc4C)C(=O)C(Cn4nc(C(F)(F)F)cc4C)N4CCC(c5nc(C6=NOC(c7ccccc7C(C)=O)C6)cs5)CC4)CC3)n2)=NO1. The first kappa shape index (κ1) is 53.0. The molecular formula is C53H54F6N10O5S2. The molecule has 23 heteroatoms. The average molecular weight is 1090 g/mol. The van der Waals surface area contributed by atoms with Crippen LogP contribution in [0, 0.1) is 13.8 Å². The normalized spacial score (nSPS) is 20.0. The highest BCUT2D eigenvalue weighted by molar-refractivity contribution is 7.10. The minimum atomic E-state index is -4.74. The van der Waals surface area contributed by atoms with Gasteiger partial charge in [0.25, 0.3) is 0 Å². The molecule has 8 heterocycles. The van der Waals surface area contributed by atoms with Crippen molar-refractivity contribution in [1.82, 2.24) is 39.3 Å². The Morgan fingerprint density at radius 1 is 0.618 bits per heavy atom. The van der Waals surface area contributed by atoms with Crippen LogP contribution in [0.5, 0.6) is 0 Å². The number of piperidine rings is 2. The van der Waals surface area contributed by atoms with Gasteiger partial charge in [0.05, 0.1) is 46.6 Å². The number of oxime groups is 2. The van der Waals surface area contributed by atoms with Gasteiger partial charge in [-0.25, -0.2) is 9.97 Å². The van der Waals surface area contributed by atoms with Crippen molar-refractivity contribution in [3.05, 3.63) is 138 Å². The number of carbonyl (C=O) groups excluding carboxylic acids is 3. The molecule has 0 radical (unpaired) electrons. The maximum absolute atomic E-state index is 15.5. The van der Waals surface area contributed by atoms with Gasteiger partial charge < -0.3 is 9.68 Å². The lowest BCUT2D eigenvalue weighted by Gasteiger charge is -2.41. The number of hydrogen-bond acceptors (Lipinski definition) is 15. The van der Waals surface area contributed by atoms with Crippen molar-refractivity contribution >= 4 is 51.4 Å². The molecule has 0 amide bonds. The largest absolute Gasteiger partial charge is 0.435 e. The van der Waals surface area contributed by atoms with E-state index < -0.39 is 48.0 Å². The van der Waals surface area contributed by atoms with Crippen molar-refractivity contribution in [1.29, 1.82) is 0 Å². The molecule has 4 aromatic heterocycles. The van der Waals surface area contributed by atoms with E-state index in [9.17, 15) is 35.9 Å². The third-order valence-electron chi connectivity index (χ3n) is 14.9. The van der Waals surface area contributed by atoms with Gasteiger partial charge in [-0.3, -0.25) is 33.5 Å². The molecule has 4 aliphatic rings. The van der Waals surface area contributed by atoms with Crippen LogP contribution < -0.4 is 0 Å². The number of nitrogens with zero attached hydrogens (tertiary/aromatic N) is 10. The van der Waals surface area contributed by atoms with E-state index in [0.29, 0.717) is 98.6 Å². The summed E-state index contributed by atoms with van der Waals surface area (Å²) in [6.07, 6.45) is -7.28. The van der Waals surface area contributed by atoms with Crippen molar-refractivity contribution in [3.63, 3.8) is 0 Å². The molecule has 2 saturated heterocycles. The Labute approximate surface area is 441 Å². The van der Waals surface area contributed by atoms with Gasteiger partial charge in [-0.1, -0.05) is 58.8 Å². The van der Waals surface area contributed by atoms with Crippen molar-refractivity contribution in [3.8, 4) is 0 Å². The van der Waals surface area contributed by atoms with E-state index in [1.165, 1.54) is 59.7 Å². The number of alkyl halides is 6. The second kappa shape index (κ2) is 21.5. The average Bonchev–Trinajstić information content (AvgIpc) is 4.29. The molecule has 0 aliphatic carbocycles. The summed E-state index contributed by atoms with van der Waals surface area (Å²) in [5.41, 5.74) is 3.48. The van der Waals surface area contributed by atoms with Crippen molar-refractivity contribution in [2.45, 2.75) is 128 Å². The lowest BCUT2D eigenvalue weighted by Crippen LogP contribution is -2.57. The van der Waals surface area contributed by atoms with E-state index in [-0.39, 0.29) is 53.7 Å². The van der Waals surface area contributed by atoms with Crippen LogP contribution in [0.1, 0.15) is 152 Å². The highest BCUT2D eigenvalue weighted by Crippen LogP contribution is 2.39. The zero-order valence-electron chi connectivity index (χ0n) is 42.0. The number of carbonyl (C=O) groups is 3. The van der Waals surface area contributed by atoms with Crippen LogP contribution in [0.4, 0.5) is 26.3 Å². The Hall–Kier alpha value is -6.43. The molecule has 0 spiro atoms. The molecule has 2 aromatic carbocycles. The number of aryl methyl sites for hydroxylation is 2. The second-order valence-corrected chi connectivity index (χ2v) is 21.6. The highest BCUT2D eigenvalue weighted by Gasteiger charge is 2.42. The number of benzene rings is 2. The quantitative estimate of drug-likeness (QED) is 0.0670. The topological polar surface area (TPSA) is 162 Å². The molecule has 0 bridgehead atoms. The Bertz CT molecular complexity index is 2990. The van der Waals surface area contributed by atoms with Gasteiger partial charge in [0.1, 0.15) is 11.4 Å². The minimum absolute atomic E-state index is 0.0157. The summed E-state index contributed by atoms with van der Waals surface area (Å²) in [5, 5.41) is 22.1. The predicted molar refractivity (Wildman–Crippen MR) is 271 cm³/mol. The lowest BCUT2D eigenvalue weighted by atomic mass is 9.91. The van der Waals surface area contributed by atoms with Crippen molar-refractivity contribution < 1.29 is 50.4 Å². The van der Waals surface area contributed by atoms with E-state index in [4.69, 9.17) is 19.6 Å². The number of thiazole rings is 2. The van der Waals surface area contributed by atoms with Gasteiger partial charge >= 0.3 is 12.4 Å². The van der Waals surface area contributed by atoms with E-state index in [2.05, 4.69) is 20.5 Å². The van der Waals surface area contributed by atoms with Crippen molar-refractivity contribution in [2.75, 3.05) is 26.2 Å². The van der Waals surface area contributed by atoms with E-state index in [1.807, 2.05) is 44.8 Å². The Balaban J connectivity index is 0.871. The summed E-state index contributed by atoms with van der Waals surface area (Å²) in [5.74, 6) is -0.547. The summed E-state index contributed by atoms with van der Waals surface area (Å²) < 4.78 is 86.8. The number of halogens is 6. The summed E-state index contributed by atoms with van der Waals surface area (Å²) in [6, 6.07) is 14.4. The molecule has 6 aromatic rings. The fourth-order valence-electron chi connectivity index (χ4n) is 10.7. The summed E-state index contributed by atoms with van der Waals surface area (Å²) in [6.45, 7) is 7.04. The van der Waals surface area contributed by atoms with Crippen LogP contribution >= 0.6 is 22.7 Å². The van der Waals surface area contributed by atoms with Crippen LogP contribution in [0.15, 0.2) is 81.7 Å². The fourth-order valence-corrected chi connectivity index (χ4v) is 12.7. The highest BCUT2D eigenvalue weighted by atomic mass is 32.1. The second-order valence-electron chi connectivity index (χ2n) is 19.9. The molecule has 400 valence electrons.